The molecule has 16 rings (SSSR count). The summed E-state index contributed by atoms with van der Waals surface area (Å²) in [5.41, 5.74) is 16.9. The van der Waals surface area contributed by atoms with Crippen molar-refractivity contribution in [2.75, 3.05) is 13.2 Å². The SMILES string of the molecule is C=C1CCCCC1.CCOC(=O)c1nnc(Cl)c2cc(-c3cccc(F)c3)sc12.CCOC(=O)c1nnc(OC2CCCCC2)c2cc(-c3cccc(F)c3)sc12.NC(=O)c1nnc(CC2CCCCC2)c2cc(-c3cccc(F)c3)sc12.NC(=O)c1nnc(OC2CCCCC2)c2cc(-c3cccc(F)c3)sc12. The van der Waals surface area contributed by atoms with E-state index in [0.29, 0.717) is 53.5 Å². The van der Waals surface area contributed by atoms with Crippen LogP contribution in [0.3, 0.4) is 0 Å². The van der Waals surface area contributed by atoms with Crippen LogP contribution in [0.25, 0.3) is 82.1 Å². The van der Waals surface area contributed by atoms with Crippen LogP contribution in [0.15, 0.2) is 133 Å². The van der Waals surface area contributed by atoms with E-state index < -0.39 is 23.8 Å². The molecular formula is C82H81ClF4N10O8S4. The Morgan fingerprint density at radius 2 is 0.771 bits per heavy atom. The van der Waals surface area contributed by atoms with Crippen LogP contribution in [0.2, 0.25) is 5.15 Å². The first-order valence-corrected chi connectivity index (χ1v) is 40.4. The van der Waals surface area contributed by atoms with Gasteiger partial charge >= 0.3 is 11.9 Å². The standard InChI is InChI=1S/C21H21FN2O3S.C20H20FN3OS.C19H18FN3O2S.C15H10ClFN2O2S.C7H12/c1-2-26-21(25)18-19-16(12-17(28-19)13-7-6-8-14(22)11-13)20(24-23-18)27-15-9-4-3-5-10-15;21-14-8-4-7-13(10-14)17-11-15-16(9-12-5-2-1-3-6-12)23-24-18(20(22)25)19(15)26-17;20-12-6-4-5-11(9-12)15-10-14-17(26-15)16(18(21)24)22-23-19(14)25-13-7-2-1-3-8-13;1-2-21-15(20)12-13-10(14(16)19-18-12)7-11(22-13)8-4-3-5-9(17)6-8;1-7-5-3-2-4-6-7/h6-8,11-12,15H,2-5,9-10H2,1H3;4,7-8,10-12H,1-3,5-6,9H2,(H2,22,25);4-6,9-10,13H,1-3,7-8H2,(H2,21,24);3-7H,2H2,1H3;1-6H2. The second-order valence-corrected chi connectivity index (χ2v) is 31.5. The first-order valence-electron chi connectivity index (χ1n) is 36.7. The second-order valence-electron chi connectivity index (χ2n) is 26.9. The molecule has 0 atom stereocenters. The lowest BCUT2D eigenvalue weighted by molar-refractivity contribution is 0.0511. The Bertz CT molecular complexity index is 5080. The van der Waals surface area contributed by atoms with Crippen LogP contribution in [0.1, 0.15) is 190 Å². The van der Waals surface area contributed by atoms with E-state index in [0.717, 1.165) is 110 Å². The van der Waals surface area contributed by atoms with Crippen molar-refractivity contribution in [3.05, 3.63) is 190 Å². The molecule has 4 saturated carbocycles. The first-order chi connectivity index (χ1) is 52.9. The fraction of sp³-hybridized carbons (Fsp3) is 0.341. The zero-order valence-corrected chi connectivity index (χ0v) is 64.3. The van der Waals surface area contributed by atoms with Crippen molar-refractivity contribution < 1.29 is 55.7 Å². The highest BCUT2D eigenvalue weighted by atomic mass is 35.5. The van der Waals surface area contributed by atoms with Crippen molar-refractivity contribution in [3.63, 3.8) is 0 Å². The number of carbonyl (C=O) groups excluding carboxylic acids is 4. The molecule has 0 aliphatic heterocycles. The molecule has 18 nitrogen and oxygen atoms in total. The van der Waals surface area contributed by atoms with Gasteiger partial charge in [-0.2, -0.15) is 5.10 Å². The summed E-state index contributed by atoms with van der Waals surface area (Å²) >= 11 is 11.5. The van der Waals surface area contributed by atoms with Crippen LogP contribution in [-0.2, 0) is 15.9 Å². The number of halogens is 5. The lowest BCUT2D eigenvalue weighted by atomic mass is 9.85. The van der Waals surface area contributed by atoms with Gasteiger partial charge in [-0.25, -0.2) is 27.2 Å². The van der Waals surface area contributed by atoms with E-state index in [1.54, 1.807) is 50.2 Å². The summed E-state index contributed by atoms with van der Waals surface area (Å²) in [4.78, 5) is 51.1. The van der Waals surface area contributed by atoms with Gasteiger partial charge in [0.25, 0.3) is 11.8 Å². The summed E-state index contributed by atoms with van der Waals surface area (Å²) in [6.45, 7) is 7.87. The Morgan fingerprint density at radius 1 is 0.431 bits per heavy atom. The maximum atomic E-state index is 13.7. The highest BCUT2D eigenvalue weighted by Crippen LogP contribution is 2.44. The molecule has 0 radical (unpaired) electrons. The van der Waals surface area contributed by atoms with Crippen molar-refractivity contribution in [3.8, 4) is 53.5 Å². The molecular weight excluding hydrogens is 1490 g/mol. The molecule has 27 heteroatoms. The number of benzene rings is 4. The Labute approximate surface area is 648 Å². The van der Waals surface area contributed by atoms with Crippen molar-refractivity contribution >= 4 is 121 Å². The smallest absolute Gasteiger partial charge is 0.360 e. The van der Waals surface area contributed by atoms with Crippen molar-refractivity contribution in [1.29, 1.82) is 0 Å². The van der Waals surface area contributed by atoms with E-state index >= 15 is 0 Å². The number of hydrogen-bond acceptors (Lipinski definition) is 20. The largest absolute Gasteiger partial charge is 0.473 e. The zero-order chi connectivity index (χ0) is 76.5. The predicted molar refractivity (Wildman–Crippen MR) is 423 cm³/mol. The summed E-state index contributed by atoms with van der Waals surface area (Å²) in [5, 5.41) is 35.6. The highest BCUT2D eigenvalue weighted by molar-refractivity contribution is 7.24. The maximum Gasteiger partial charge on any atom is 0.360 e. The lowest BCUT2D eigenvalue weighted by Crippen LogP contribution is -2.21. The minimum atomic E-state index is -0.639. The fourth-order valence-electron chi connectivity index (χ4n) is 13.6. The molecule has 4 N–H and O–H groups in total. The molecule has 4 aromatic carbocycles. The van der Waals surface area contributed by atoms with Crippen LogP contribution in [0.5, 0.6) is 11.8 Å². The molecule has 8 heterocycles. The van der Waals surface area contributed by atoms with Gasteiger partial charge in [0.2, 0.25) is 11.8 Å². The van der Waals surface area contributed by atoms with Crippen LogP contribution < -0.4 is 20.9 Å². The molecule has 4 aliphatic rings. The number of amides is 2. The van der Waals surface area contributed by atoms with Gasteiger partial charge in [0.1, 0.15) is 35.5 Å². The van der Waals surface area contributed by atoms with Crippen molar-refractivity contribution in [2.45, 2.75) is 161 Å². The number of thiophene rings is 4. The van der Waals surface area contributed by atoms with Gasteiger partial charge in [-0.1, -0.05) is 124 Å². The van der Waals surface area contributed by atoms with Crippen molar-refractivity contribution in [2.24, 2.45) is 17.4 Å². The summed E-state index contributed by atoms with van der Waals surface area (Å²) in [6.07, 6.45) is 25.1. The van der Waals surface area contributed by atoms with Gasteiger partial charge in [-0.3, -0.25) is 9.59 Å². The molecule has 0 saturated heterocycles. The van der Waals surface area contributed by atoms with Gasteiger partial charge in [0.15, 0.2) is 27.9 Å². The molecule has 4 fully saturated rings. The number of allylic oxidation sites excluding steroid dienone is 1. The highest BCUT2D eigenvalue weighted by Gasteiger charge is 2.28. The topological polar surface area (TPSA) is 260 Å². The number of fused-ring (bicyclic) bond motifs is 4. The van der Waals surface area contributed by atoms with Crippen LogP contribution in [0, 0.1) is 29.2 Å². The summed E-state index contributed by atoms with van der Waals surface area (Å²) < 4.78 is 79.2. The summed E-state index contributed by atoms with van der Waals surface area (Å²) in [5.74, 6) is -2.08. The second kappa shape index (κ2) is 37.6. The zero-order valence-electron chi connectivity index (χ0n) is 60.3. The first kappa shape index (κ1) is 78.8. The summed E-state index contributed by atoms with van der Waals surface area (Å²) in [6, 6.07) is 32.9. The molecule has 0 unspecified atom stereocenters. The number of rotatable bonds is 16. The average Bonchev–Trinajstić information content (AvgIpc) is 1.65. The number of carbonyl (C=O) groups is 4. The Morgan fingerprint density at radius 3 is 1.16 bits per heavy atom. The molecule has 0 spiro atoms. The number of ether oxygens (including phenoxy) is 4. The maximum absolute atomic E-state index is 13.7. The van der Waals surface area contributed by atoms with Gasteiger partial charge in [0.05, 0.1) is 48.5 Å². The van der Waals surface area contributed by atoms with E-state index in [1.165, 1.54) is 177 Å². The third kappa shape index (κ3) is 20.2. The number of hydrogen-bond donors (Lipinski definition) is 2. The van der Waals surface area contributed by atoms with Crippen LogP contribution in [0.4, 0.5) is 17.6 Å². The normalized spacial score (nSPS) is 14.8. The van der Waals surface area contributed by atoms with Gasteiger partial charge in [0, 0.05) is 30.3 Å². The fourth-order valence-corrected chi connectivity index (χ4v) is 18.4. The van der Waals surface area contributed by atoms with E-state index in [1.807, 2.05) is 36.4 Å². The molecule has 8 aromatic heterocycles. The monoisotopic (exact) mass is 1570 g/mol. The van der Waals surface area contributed by atoms with Gasteiger partial charge in [-0.15, -0.1) is 81.0 Å². The van der Waals surface area contributed by atoms with Crippen molar-refractivity contribution in [1.82, 2.24) is 40.8 Å². The summed E-state index contributed by atoms with van der Waals surface area (Å²) in [7, 11) is 0. The molecule has 4 aliphatic carbocycles. The minimum Gasteiger partial charge on any atom is -0.473 e. The number of nitrogens with two attached hydrogens (primary N) is 2. The number of aromatic nitrogens is 8. The van der Waals surface area contributed by atoms with E-state index in [9.17, 15) is 36.7 Å². The minimum absolute atomic E-state index is 0.109. The quantitative estimate of drug-likeness (QED) is 0.0517. The third-order valence-corrected chi connectivity index (χ3v) is 24.1. The number of nitrogens with zero attached hydrogens (tertiary/aromatic N) is 8. The molecule has 0 bridgehead atoms. The van der Waals surface area contributed by atoms with Crippen LogP contribution in [-0.4, -0.2) is 90.0 Å². The van der Waals surface area contributed by atoms with Crippen LogP contribution >= 0.6 is 56.9 Å². The number of primary amides is 2. The Hall–Kier alpha value is -9.73. The van der Waals surface area contributed by atoms with Gasteiger partial charge in [-0.05, 0) is 198 Å². The van der Waals surface area contributed by atoms with E-state index in [2.05, 4.69) is 47.4 Å². The molecule has 12 aromatic rings. The number of esters is 2. The van der Waals surface area contributed by atoms with Gasteiger partial charge < -0.3 is 30.4 Å². The molecule has 2 amide bonds. The Kier molecular flexibility index (Phi) is 27.2. The average molecular weight is 1570 g/mol. The van der Waals surface area contributed by atoms with E-state index in [-0.39, 0.29) is 76.6 Å². The molecule has 109 heavy (non-hydrogen) atoms. The van der Waals surface area contributed by atoms with E-state index in [4.69, 9.17) is 42.0 Å². The Balaban J connectivity index is 0.000000132. The third-order valence-electron chi connectivity index (χ3n) is 19.0. The lowest BCUT2D eigenvalue weighted by Gasteiger charge is -2.22. The molecule has 566 valence electrons. The predicted octanol–water partition coefficient (Wildman–Crippen LogP) is 21.2.